The average molecular weight is 327 g/mol. The van der Waals surface area contributed by atoms with E-state index in [0.717, 1.165) is 0 Å². The van der Waals surface area contributed by atoms with Crippen molar-refractivity contribution in [1.82, 2.24) is 24.3 Å². The summed E-state index contributed by atoms with van der Waals surface area (Å²) in [6.07, 6.45) is 1.55. The van der Waals surface area contributed by atoms with Crippen LogP contribution in [0, 0.1) is 12.7 Å². The molecule has 1 aliphatic rings. The summed E-state index contributed by atoms with van der Waals surface area (Å²) in [6.45, 7) is 4.17. The Kier molecular flexibility index (Phi) is 3.19. The van der Waals surface area contributed by atoms with Crippen molar-refractivity contribution in [3.63, 3.8) is 0 Å². The van der Waals surface area contributed by atoms with Gasteiger partial charge in [-0.15, -0.1) is 10.2 Å². The Morgan fingerprint density at radius 2 is 2.21 bits per heavy atom. The van der Waals surface area contributed by atoms with E-state index in [0.29, 0.717) is 35.1 Å². The zero-order valence-electron chi connectivity index (χ0n) is 13.2. The summed E-state index contributed by atoms with van der Waals surface area (Å²) in [6, 6.07) is 4.42. The number of hydrogen-bond donors (Lipinski definition) is 0. The quantitative estimate of drug-likeness (QED) is 0.527. The second-order valence-corrected chi connectivity index (χ2v) is 5.45. The lowest BCUT2D eigenvalue weighted by atomic mass is 10.1. The van der Waals surface area contributed by atoms with Gasteiger partial charge in [-0.25, -0.2) is 14.2 Å². The number of carbonyl (C=O) groups excluding carboxylic acids is 1. The summed E-state index contributed by atoms with van der Waals surface area (Å²) >= 11 is 0. The second kappa shape index (κ2) is 5.26. The average Bonchev–Trinajstić information content (AvgIpc) is 3.10. The minimum atomic E-state index is -0.482. The Hall–Kier alpha value is -3.03. The van der Waals surface area contributed by atoms with Gasteiger partial charge < -0.3 is 9.30 Å². The van der Waals surface area contributed by atoms with E-state index >= 15 is 0 Å². The van der Waals surface area contributed by atoms with Crippen LogP contribution in [0.5, 0.6) is 0 Å². The first-order chi connectivity index (χ1) is 11.6. The van der Waals surface area contributed by atoms with E-state index in [1.54, 1.807) is 23.9 Å². The number of esters is 1. The van der Waals surface area contributed by atoms with Gasteiger partial charge in [0.25, 0.3) is 0 Å². The van der Waals surface area contributed by atoms with Crippen LogP contribution in [-0.2, 0) is 11.3 Å². The van der Waals surface area contributed by atoms with Crippen LogP contribution in [0.15, 0.2) is 24.5 Å². The normalized spacial score (nSPS) is 12.1. The number of aromatic nitrogens is 5. The minimum Gasteiger partial charge on any atom is -0.461 e. The SMILES string of the molecule is CCOC(=O)c1ncn2c1Cn1c(C)nnc1-c1cc(F)ccc1-2. The maximum Gasteiger partial charge on any atom is 0.358 e. The lowest BCUT2D eigenvalue weighted by Gasteiger charge is -2.08. The number of hydrogen-bond acceptors (Lipinski definition) is 5. The van der Waals surface area contributed by atoms with Crippen LogP contribution in [0.2, 0.25) is 0 Å². The smallest absolute Gasteiger partial charge is 0.358 e. The predicted molar refractivity (Wildman–Crippen MR) is 82.3 cm³/mol. The highest BCUT2D eigenvalue weighted by atomic mass is 19.1. The molecule has 0 saturated carbocycles. The maximum absolute atomic E-state index is 13.8. The summed E-state index contributed by atoms with van der Waals surface area (Å²) in [4.78, 5) is 16.4. The summed E-state index contributed by atoms with van der Waals surface area (Å²) in [5, 5.41) is 8.25. The number of rotatable bonds is 2. The molecule has 3 heterocycles. The molecule has 0 aliphatic carbocycles. The van der Waals surface area contributed by atoms with Gasteiger partial charge in [0.05, 0.1) is 24.5 Å². The van der Waals surface area contributed by atoms with Crippen LogP contribution < -0.4 is 0 Å². The van der Waals surface area contributed by atoms with Gasteiger partial charge in [0.15, 0.2) is 11.5 Å². The molecule has 0 N–H and O–H groups in total. The fraction of sp³-hybridized carbons (Fsp3) is 0.250. The van der Waals surface area contributed by atoms with Gasteiger partial charge in [-0.1, -0.05) is 0 Å². The first kappa shape index (κ1) is 14.6. The van der Waals surface area contributed by atoms with E-state index < -0.39 is 5.97 Å². The lowest BCUT2D eigenvalue weighted by Crippen LogP contribution is -2.12. The zero-order valence-corrected chi connectivity index (χ0v) is 13.2. The molecule has 0 bridgehead atoms. The number of carbonyl (C=O) groups is 1. The molecule has 0 saturated heterocycles. The fourth-order valence-electron chi connectivity index (χ4n) is 2.92. The van der Waals surface area contributed by atoms with E-state index in [4.69, 9.17) is 4.74 Å². The predicted octanol–water partition coefficient (Wildman–Crippen LogP) is 2.12. The molecule has 7 nitrogen and oxygen atoms in total. The Labute approximate surface area is 136 Å². The first-order valence-corrected chi connectivity index (χ1v) is 7.53. The molecule has 0 amide bonds. The van der Waals surface area contributed by atoms with Crippen molar-refractivity contribution >= 4 is 5.97 Å². The molecule has 0 fully saturated rings. The van der Waals surface area contributed by atoms with E-state index in [1.165, 1.54) is 12.1 Å². The van der Waals surface area contributed by atoms with Gasteiger partial charge in [-0.2, -0.15) is 0 Å². The van der Waals surface area contributed by atoms with Crippen molar-refractivity contribution < 1.29 is 13.9 Å². The zero-order chi connectivity index (χ0) is 16.8. The number of imidazole rings is 1. The van der Waals surface area contributed by atoms with Crippen LogP contribution in [-0.4, -0.2) is 36.9 Å². The number of halogens is 1. The van der Waals surface area contributed by atoms with Gasteiger partial charge in [0.1, 0.15) is 18.0 Å². The van der Waals surface area contributed by atoms with E-state index in [9.17, 15) is 9.18 Å². The third-order valence-corrected chi connectivity index (χ3v) is 4.04. The van der Waals surface area contributed by atoms with Crippen molar-refractivity contribution in [2.45, 2.75) is 20.4 Å². The number of benzene rings is 1. The molecule has 0 spiro atoms. The Morgan fingerprint density at radius 3 is 3.00 bits per heavy atom. The second-order valence-electron chi connectivity index (χ2n) is 5.45. The van der Waals surface area contributed by atoms with Gasteiger partial charge >= 0.3 is 5.97 Å². The summed E-state index contributed by atoms with van der Waals surface area (Å²) in [7, 11) is 0. The summed E-state index contributed by atoms with van der Waals surface area (Å²) in [5.74, 6) is 0.379. The number of aryl methyl sites for hydroxylation is 1. The topological polar surface area (TPSA) is 74.8 Å². The monoisotopic (exact) mass is 327 g/mol. The molecule has 122 valence electrons. The molecule has 4 rings (SSSR count). The minimum absolute atomic E-state index is 0.244. The lowest BCUT2D eigenvalue weighted by molar-refractivity contribution is 0.0518. The van der Waals surface area contributed by atoms with Crippen molar-refractivity contribution in [1.29, 1.82) is 0 Å². The summed E-state index contributed by atoms with van der Waals surface area (Å²) < 4.78 is 22.5. The van der Waals surface area contributed by atoms with Crippen molar-refractivity contribution in [3.8, 4) is 17.1 Å². The molecule has 1 aromatic carbocycles. The molecule has 0 unspecified atom stereocenters. The van der Waals surface area contributed by atoms with Crippen LogP contribution >= 0.6 is 0 Å². The van der Waals surface area contributed by atoms with Gasteiger partial charge in [-0.05, 0) is 32.0 Å². The van der Waals surface area contributed by atoms with Crippen molar-refractivity contribution in [2.75, 3.05) is 6.61 Å². The Morgan fingerprint density at radius 1 is 1.38 bits per heavy atom. The molecule has 8 heteroatoms. The van der Waals surface area contributed by atoms with Crippen LogP contribution in [0.1, 0.15) is 28.9 Å². The van der Waals surface area contributed by atoms with Crippen LogP contribution in [0.3, 0.4) is 0 Å². The molecule has 3 aromatic rings. The molecule has 0 atom stereocenters. The standard InChI is InChI=1S/C16H14FN5O2/c1-3-24-16(23)14-13-7-21-9(2)19-20-15(21)11-6-10(17)4-5-12(11)22(13)8-18-14/h4-6,8H,3,7H2,1-2H3. The molecular formula is C16H14FN5O2. The highest BCUT2D eigenvalue weighted by molar-refractivity contribution is 5.89. The largest absolute Gasteiger partial charge is 0.461 e. The molecule has 2 aromatic heterocycles. The number of nitrogens with zero attached hydrogens (tertiary/aromatic N) is 5. The van der Waals surface area contributed by atoms with Crippen molar-refractivity contribution in [2.24, 2.45) is 0 Å². The molecule has 0 radical (unpaired) electrons. The number of fused-ring (bicyclic) bond motifs is 5. The summed E-state index contributed by atoms with van der Waals surface area (Å²) in [5.41, 5.74) is 2.19. The first-order valence-electron chi connectivity index (χ1n) is 7.53. The maximum atomic E-state index is 13.8. The van der Waals surface area contributed by atoms with Gasteiger partial charge in [0, 0.05) is 5.56 Å². The van der Waals surface area contributed by atoms with Crippen molar-refractivity contribution in [3.05, 3.63) is 47.6 Å². The third kappa shape index (κ3) is 2.03. The highest BCUT2D eigenvalue weighted by Crippen LogP contribution is 2.32. The van der Waals surface area contributed by atoms with Crippen LogP contribution in [0.4, 0.5) is 4.39 Å². The highest BCUT2D eigenvalue weighted by Gasteiger charge is 2.27. The molecule has 1 aliphatic heterocycles. The molecular weight excluding hydrogens is 313 g/mol. The van der Waals surface area contributed by atoms with E-state index in [1.807, 2.05) is 11.5 Å². The Bertz CT molecular complexity index is 960. The van der Waals surface area contributed by atoms with Gasteiger partial charge in [-0.3, -0.25) is 4.57 Å². The molecule has 24 heavy (non-hydrogen) atoms. The van der Waals surface area contributed by atoms with Crippen LogP contribution in [0.25, 0.3) is 17.1 Å². The fourth-order valence-corrected chi connectivity index (χ4v) is 2.92. The van der Waals surface area contributed by atoms with E-state index in [-0.39, 0.29) is 18.1 Å². The van der Waals surface area contributed by atoms with E-state index in [2.05, 4.69) is 15.2 Å². The Balaban J connectivity index is 2.00. The number of ether oxygens (including phenoxy) is 1. The third-order valence-electron chi connectivity index (χ3n) is 4.04. The van der Waals surface area contributed by atoms with Gasteiger partial charge in [0.2, 0.25) is 0 Å².